The Hall–Kier alpha value is -0.610. The molecule has 0 bridgehead atoms. The van der Waals surface area contributed by atoms with Crippen molar-refractivity contribution in [3.8, 4) is 0 Å². The SMILES string of the molecule is CCCCCC(O)/C=C/C=C/C/C=C/C/C=C/CCCC(=O)O.[H-].[Na+]. The van der Waals surface area contributed by atoms with Crippen molar-refractivity contribution in [1.29, 1.82) is 0 Å². The van der Waals surface area contributed by atoms with E-state index in [0.717, 1.165) is 32.1 Å². The number of carboxylic acids is 1. The van der Waals surface area contributed by atoms with Gasteiger partial charge >= 0.3 is 35.5 Å². The summed E-state index contributed by atoms with van der Waals surface area (Å²) >= 11 is 0. The Morgan fingerprint density at radius 1 is 1.00 bits per heavy atom. The van der Waals surface area contributed by atoms with Crippen molar-refractivity contribution in [2.24, 2.45) is 0 Å². The Bertz CT molecular complexity index is 404. The van der Waals surface area contributed by atoms with Gasteiger partial charge in [0.2, 0.25) is 0 Å². The molecule has 0 aromatic heterocycles. The van der Waals surface area contributed by atoms with Gasteiger partial charge in [0.15, 0.2) is 0 Å². The second kappa shape index (κ2) is 20.4. The van der Waals surface area contributed by atoms with E-state index in [1.54, 1.807) is 0 Å². The number of rotatable bonds is 14. The molecule has 0 amide bonds. The molecule has 2 N–H and O–H groups in total. The van der Waals surface area contributed by atoms with E-state index < -0.39 is 5.97 Å². The van der Waals surface area contributed by atoms with Crippen LogP contribution in [0.2, 0.25) is 0 Å². The van der Waals surface area contributed by atoms with Crippen molar-refractivity contribution < 1.29 is 46.0 Å². The molecule has 0 spiro atoms. The fourth-order valence-electron chi connectivity index (χ4n) is 1.98. The first-order valence-electron chi connectivity index (χ1n) is 8.70. The predicted molar refractivity (Wildman–Crippen MR) is 98.5 cm³/mol. The Morgan fingerprint density at radius 3 is 2.33 bits per heavy atom. The summed E-state index contributed by atoms with van der Waals surface area (Å²) in [6, 6.07) is 0. The summed E-state index contributed by atoms with van der Waals surface area (Å²) in [5.41, 5.74) is 0. The number of allylic oxidation sites excluding steroid dienone is 7. The number of aliphatic hydroxyl groups is 1. The smallest absolute Gasteiger partial charge is 1.00 e. The minimum absolute atomic E-state index is 0. The molecule has 24 heavy (non-hydrogen) atoms. The van der Waals surface area contributed by atoms with Crippen LogP contribution in [-0.2, 0) is 4.79 Å². The molecular weight excluding hydrogens is 311 g/mol. The number of aliphatic hydroxyl groups excluding tert-OH is 1. The largest absolute Gasteiger partial charge is 1.00 e. The van der Waals surface area contributed by atoms with E-state index in [1.807, 2.05) is 24.3 Å². The molecule has 0 rings (SSSR count). The number of carboxylic acid groups (broad SMARTS) is 1. The van der Waals surface area contributed by atoms with Gasteiger partial charge < -0.3 is 11.6 Å². The number of hydrogen-bond donors (Lipinski definition) is 2. The van der Waals surface area contributed by atoms with Crippen molar-refractivity contribution in [2.75, 3.05) is 0 Å². The molecule has 1 unspecified atom stereocenters. The van der Waals surface area contributed by atoms with Gasteiger partial charge in [-0.2, -0.15) is 0 Å². The van der Waals surface area contributed by atoms with Gasteiger partial charge in [0, 0.05) is 6.42 Å². The molecule has 3 nitrogen and oxygen atoms in total. The maximum absolute atomic E-state index is 10.3. The van der Waals surface area contributed by atoms with E-state index in [-0.39, 0.29) is 43.5 Å². The second-order valence-corrected chi connectivity index (χ2v) is 5.58. The van der Waals surface area contributed by atoms with Gasteiger partial charge in [-0.3, -0.25) is 4.79 Å². The maximum Gasteiger partial charge on any atom is 1.00 e. The quantitative estimate of drug-likeness (QED) is 0.220. The van der Waals surface area contributed by atoms with Crippen LogP contribution >= 0.6 is 0 Å². The summed E-state index contributed by atoms with van der Waals surface area (Å²) in [6.07, 6.45) is 23.6. The average Bonchev–Trinajstić information content (AvgIpc) is 2.51. The summed E-state index contributed by atoms with van der Waals surface area (Å²) in [5, 5.41) is 18.2. The second-order valence-electron chi connectivity index (χ2n) is 5.58. The minimum atomic E-state index is -0.729. The van der Waals surface area contributed by atoms with Crippen LogP contribution in [0.25, 0.3) is 0 Å². The molecule has 1 atom stereocenters. The van der Waals surface area contributed by atoms with Crippen LogP contribution < -0.4 is 29.6 Å². The van der Waals surface area contributed by atoms with Gasteiger partial charge in [-0.05, 0) is 32.1 Å². The molecule has 0 aliphatic rings. The first kappa shape index (κ1) is 25.6. The Balaban J connectivity index is -0.00000242. The van der Waals surface area contributed by atoms with Gasteiger partial charge in [-0.25, -0.2) is 0 Å². The van der Waals surface area contributed by atoms with Gasteiger partial charge in [0.1, 0.15) is 0 Å². The van der Waals surface area contributed by atoms with Crippen molar-refractivity contribution in [3.63, 3.8) is 0 Å². The van der Waals surface area contributed by atoms with E-state index in [0.29, 0.717) is 6.42 Å². The van der Waals surface area contributed by atoms with Crippen LogP contribution in [-0.4, -0.2) is 22.3 Å². The summed E-state index contributed by atoms with van der Waals surface area (Å²) in [7, 11) is 0. The number of carbonyl (C=O) groups is 1. The maximum atomic E-state index is 10.3. The average molecular weight is 344 g/mol. The molecule has 132 valence electrons. The van der Waals surface area contributed by atoms with E-state index >= 15 is 0 Å². The summed E-state index contributed by atoms with van der Waals surface area (Å²) in [6.45, 7) is 2.16. The van der Waals surface area contributed by atoms with Crippen LogP contribution in [0.5, 0.6) is 0 Å². The van der Waals surface area contributed by atoms with Crippen molar-refractivity contribution in [2.45, 2.75) is 70.8 Å². The molecule has 0 aromatic carbocycles. The first-order valence-corrected chi connectivity index (χ1v) is 8.70. The zero-order chi connectivity index (χ0) is 17.2. The third-order valence-electron chi connectivity index (χ3n) is 3.32. The fraction of sp³-hybridized carbons (Fsp3) is 0.550. The monoisotopic (exact) mass is 344 g/mol. The molecule has 0 fully saturated rings. The number of aliphatic carboxylic acids is 1. The fourth-order valence-corrected chi connectivity index (χ4v) is 1.98. The van der Waals surface area contributed by atoms with Crippen molar-refractivity contribution >= 4 is 5.97 Å². The molecule has 0 aliphatic carbocycles. The number of hydrogen-bond acceptors (Lipinski definition) is 2. The van der Waals surface area contributed by atoms with E-state index in [2.05, 4.69) is 31.2 Å². The normalized spacial score (nSPS) is 13.2. The molecule has 0 radical (unpaired) electrons. The zero-order valence-electron chi connectivity index (χ0n) is 16.4. The van der Waals surface area contributed by atoms with Crippen LogP contribution in [0, 0.1) is 0 Å². The van der Waals surface area contributed by atoms with Crippen molar-refractivity contribution in [1.82, 2.24) is 0 Å². The van der Waals surface area contributed by atoms with Gasteiger partial charge in [0.25, 0.3) is 0 Å². The molecule has 0 aromatic rings. The van der Waals surface area contributed by atoms with Crippen LogP contribution in [0.4, 0.5) is 0 Å². The van der Waals surface area contributed by atoms with Crippen LogP contribution in [0.15, 0.2) is 48.6 Å². The van der Waals surface area contributed by atoms with E-state index in [9.17, 15) is 9.90 Å². The molecular formula is C20H33NaO3. The molecule has 0 heterocycles. The Morgan fingerprint density at radius 2 is 1.67 bits per heavy atom. The summed E-state index contributed by atoms with van der Waals surface area (Å²) in [4.78, 5) is 10.3. The molecule has 0 aliphatic heterocycles. The van der Waals surface area contributed by atoms with E-state index in [1.165, 1.54) is 12.8 Å². The van der Waals surface area contributed by atoms with Gasteiger partial charge in [0.05, 0.1) is 6.10 Å². The third-order valence-corrected chi connectivity index (χ3v) is 3.32. The molecule has 0 saturated heterocycles. The third kappa shape index (κ3) is 21.4. The van der Waals surface area contributed by atoms with E-state index in [4.69, 9.17) is 5.11 Å². The standard InChI is InChI=1S/C20H32O3.Na.H/c1-2-3-13-16-19(21)17-14-11-9-7-5-4-6-8-10-12-15-18-20(22)23;;/h4-5,8-11,14,17,19,21H,2-3,6-7,12-13,15-16,18H2,1H3,(H,22,23);;/q;+1;-1/b5-4+,10-8+,11-9+,17-14+;;. The van der Waals surface area contributed by atoms with Crippen LogP contribution in [0.1, 0.15) is 66.1 Å². The minimum Gasteiger partial charge on any atom is -1.00 e. The van der Waals surface area contributed by atoms with Crippen molar-refractivity contribution in [3.05, 3.63) is 48.6 Å². The molecule has 4 heteroatoms. The first-order chi connectivity index (χ1) is 11.2. The number of unbranched alkanes of at least 4 members (excludes halogenated alkanes) is 3. The Kier molecular flexibility index (Phi) is 21.8. The zero-order valence-corrected chi connectivity index (χ0v) is 17.4. The topological polar surface area (TPSA) is 57.5 Å². The summed E-state index contributed by atoms with van der Waals surface area (Å²) in [5.74, 6) is -0.729. The van der Waals surface area contributed by atoms with Crippen LogP contribution in [0.3, 0.4) is 0 Å². The van der Waals surface area contributed by atoms with Gasteiger partial charge in [-0.15, -0.1) is 0 Å². The molecule has 0 saturated carbocycles. The Labute approximate surface area is 171 Å². The summed E-state index contributed by atoms with van der Waals surface area (Å²) < 4.78 is 0. The van der Waals surface area contributed by atoms with Gasteiger partial charge in [-0.1, -0.05) is 74.8 Å². The predicted octanol–water partition coefficient (Wildman–Crippen LogP) is 2.30.